The number of halogens is 2. The Morgan fingerprint density at radius 3 is 2.28 bits per heavy atom. The van der Waals surface area contributed by atoms with Gasteiger partial charge in [0.05, 0.1) is 17.8 Å². The third-order valence-electron chi connectivity index (χ3n) is 4.88. The molecule has 2 unspecified atom stereocenters. The highest BCUT2D eigenvalue weighted by molar-refractivity contribution is 5.93. The van der Waals surface area contributed by atoms with Crippen LogP contribution in [0.25, 0.3) is 0 Å². The number of benzene rings is 2. The van der Waals surface area contributed by atoms with E-state index in [2.05, 4.69) is 33.1 Å². The Morgan fingerprint density at radius 1 is 0.862 bits per heavy atom. The number of carbonyl (C=O) groups is 1. The van der Waals surface area contributed by atoms with Crippen molar-refractivity contribution in [3.05, 3.63) is 84.7 Å². The van der Waals surface area contributed by atoms with E-state index < -0.39 is 0 Å². The predicted molar refractivity (Wildman–Crippen MR) is 123 cm³/mol. The average molecular weight is 431 g/mol. The maximum Gasteiger partial charge on any atom is 0.229 e. The summed E-state index contributed by atoms with van der Waals surface area (Å²) >= 11 is 0. The first-order valence-corrected chi connectivity index (χ1v) is 9.13. The normalized spacial score (nSPS) is 17.5. The highest BCUT2D eigenvalue weighted by Gasteiger charge is 2.33. The number of pyridine rings is 1. The van der Waals surface area contributed by atoms with Gasteiger partial charge in [0.15, 0.2) is 0 Å². The molecule has 0 radical (unpaired) electrons. The third-order valence-corrected chi connectivity index (χ3v) is 4.88. The van der Waals surface area contributed by atoms with Crippen molar-refractivity contribution in [2.24, 2.45) is 5.92 Å². The Balaban J connectivity index is 0.00000150. The first kappa shape index (κ1) is 22.7. The molecule has 1 fully saturated rings. The molecule has 1 aromatic heterocycles. The van der Waals surface area contributed by atoms with Gasteiger partial charge in [-0.05, 0) is 42.0 Å². The van der Waals surface area contributed by atoms with Crippen LogP contribution in [0.3, 0.4) is 0 Å². The van der Waals surface area contributed by atoms with Crippen molar-refractivity contribution in [2.75, 3.05) is 23.7 Å². The highest BCUT2D eigenvalue weighted by atomic mass is 35.5. The molecule has 5 nitrogen and oxygen atoms in total. The first-order valence-electron chi connectivity index (χ1n) is 9.13. The van der Waals surface area contributed by atoms with E-state index >= 15 is 0 Å². The summed E-state index contributed by atoms with van der Waals surface area (Å²) < 4.78 is 0. The number of aromatic nitrogens is 1. The van der Waals surface area contributed by atoms with E-state index in [1.54, 1.807) is 12.4 Å². The molecular weight excluding hydrogens is 407 g/mol. The Kier molecular flexibility index (Phi) is 8.46. The van der Waals surface area contributed by atoms with Gasteiger partial charge in [-0.1, -0.05) is 30.3 Å². The van der Waals surface area contributed by atoms with Crippen LogP contribution in [0.2, 0.25) is 0 Å². The minimum atomic E-state index is -0.0689. The quantitative estimate of drug-likeness (QED) is 0.552. The Labute approximate surface area is 183 Å². The summed E-state index contributed by atoms with van der Waals surface area (Å²) in [7, 11) is 0. The van der Waals surface area contributed by atoms with Crippen LogP contribution < -0.4 is 16.0 Å². The number of nitrogens with one attached hydrogen (secondary N) is 3. The van der Waals surface area contributed by atoms with E-state index in [4.69, 9.17) is 0 Å². The largest absolute Gasteiger partial charge is 0.354 e. The fourth-order valence-electron chi connectivity index (χ4n) is 3.48. The summed E-state index contributed by atoms with van der Waals surface area (Å²) in [5, 5.41) is 9.69. The lowest BCUT2D eigenvalue weighted by atomic mass is 9.88. The Hall–Kier alpha value is -2.60. The average Bonchev–Trinajstić information content (AvgIpc) is 3.21. The van der Waals surface area contributed by atoms with Crippen LogP contribution in [0.5, 0.6) is 0 Å². The zero-order valence-corrected chi connectivity index (χ0v) is 17.4. The minimum Gasteiger partial charge on any atom is -0.354 e. The van der Waals surface area contributed by atoms with Gasteiger partial charge in [-0.3, -0.25) is 9.78 Å². The molecule has 3 aromatic rings. The molecule has 1 aliphatic rings. The van der Waals surface area contributed by atoms with Crippen molar-refractivity contribution in [2.45, 2.75) is 5.92 Å². The van der Waals surface area contributed by atoms with Gasteiger partial charge in [-0.25, -0.2) is 0 Å². The summed E-state index contributed by atoms with van der Waals surface area (Å²) in [6.07, 6.45) is 3.51. The lowest BCUT2D eigenvalue weighted by Gasteiger charge is -2.18. The first-order chi connectivity index (χ1) is 13.3. The highest BCUT2D eigenvalue weighted by Crippen LogP contribution is 2.29. The van der Waals surface area contributed by atoms with Crippen molar-refractivity contribution in [1.82, 2.24) is 10.3 Å². The van der Waals surface area contributed by atoms with Crippen LogP contribution in [0.1, 0.15) is 11.5 Å². The molecule has 0 saturated carbocycles. The number of hydrogen-bond acceptors (Lipinski definition) is 4. The van der Waals surface area contributed by atoms with Crippen LogP contribution in [0.15, 0.2) is 79.1 Å². The molecule has 2 aromatic carbocycles. The van der Waals surface area contributed by atoms with Gasteiger partial charge in [0.25, 0.3) is 0 Å². The van der Waals surface area contributed by atoms with E-state index in [9.17, 15) is 4.79 Å². The van der Waals surface area contributed by atoms with Gasteiger partial charge in [0.1, 0.15) is 0 Å². The number of amides is 1. The van der Waals surface area contributed by atoms with Gasteiger partial charge >= 0.3 is 0 Å². The van der Waals surface area contributed by atoms with Crippen molar-refractivity contribution >= 4 is 47.8 Å². The second kappa shape index (κ2) is 10.8. The Morgan fingerprint density at radius 2 is 1.59 bits per heavy atom. The standard InChI is InChI=1S/C22H22N4O.2ClH/c27-22(21-15-24-14-20(21)16-5-2-1-3-6-16)26-18-10-8-17(9-11-18)25-19-7-4-12-23-13-19;;/h1-13,20-21,24-25H,14-15H2,(H,26,27);2*1H. The van der Waals surface area contributed by atoms with E-state index in [1.807, 2.05) is 54.6 Å². The second-order valence-electron chi connectivity index (χ2n) is 6.72. The van der Waals surface area contributed by atoms with Gasteiger partial charge in [0, 0.05) is 36.6 Å². The molecule has 29 heavy (non-hydrogen) atoms. The lowest BCUT2D eigenvalue weighted by Crippen LogP contribution is -2.28. The maximum atomic E-state index is 12.8. The monoisotopic (exact) mass is 430 g/mol. The third kappa shape index (κ3) is 5.70. The number of hydrogen-bond donors (Lipinski definition) is 3. The van der Waals surface area contributed by atoms with Crippen LogP contribution in [-0.2, 0) is 4.79 Å². The SMILES string of the molecule is Cl.Cl.O=C(Nc1ccc(Nc2cccnc2)cc1)C1CNCC1c1ccccc1. The zero-order valence-electron chi connectivity index (χ0n) is 15.7. The number of nitrogens with zero attached hydrogens (tertiary/aromatic N) is 1. The van der Waals surface area contributed by atoms with Crippen LogP contribution in [0.4, 0.5) is 17.1 Å². The molecule has 3 N–H and O–H groups in total. The predicted octanol–water partition coefficient (Wildman–Crippen LogP) is 4.61. The molecule has 2 atom stereocenters. The minimum absolute atomic E-state index is 0. The zero-order chi connectivity index (χ0) is 18.5. The van der Waals surface area contributed by atoms with Crippen molar-refractivity contribution in [3.63, 3.8) is 0 Å². The van der Waals surface area contributed by atoms with Gasteiger partial charge in [0.2, 0.25) is 5.91 Å². The van der Waals surface area contributed by atoms with E-state index in [-0.39, 0.29) is 42.6 Å². The number of anilines is 3. The molecular formula is C22H24Cl2N4O. The molecule has 1 aliphatic heterocycles. The molecule has 0 spiro atoms. The van der Waals surface area contributed by atoms with Crippen molar-refractivity contribution in [1.29, 1.82) is 0 Å². The molecule has 1 amide bonds. The summed E-state index contributed by atoms with van der Waals surface area (Å²) in [6, 6.07) is 21.8. The summed E-state index contributed by atoms with van der Waals surface area (Å²) in [5.74, 6) is 0.195. The fraction of sp³-hybridized carbons (Fsp3) is 0.182. The fourth-order valence-corrected chi connectivity index (χ4v) is 3.48. The smallest absolute Gasteiger partial charge is 0.229 e. The molecule has 2 heterocycles. The molecule has 0 aliphatic carbocycles. The molecule has 0 bridgehead atoms. The topological polar surface area (TPSA) is 66.0 Å². The molecule has 1 saturated heterocycles. The van der Waals surface area contributed by atoms with Crippen molar-refractivity contribution in [3.8, 4) is 0 Å². The maximum absolute atomic E-state index is 12.8. The second-order valence-corrected chi connectivity index (χ2v) is 6.72. The van der Waals surface area contributed by atoms with E-state index in [0.29, 0.717) is 6.54 Å². The van der Waals surface area contributed by atoms with Crippen LogP contribution in [-0.4, -0.2) is 24.0 Å². The molecule has 152 valence electrons. The summed E-state index contributed by atoms with van der Waals surface area (Å²) in [5.41, 5.74) is 3.89. The van der Waals surface area contributed by atoms with Gasteiger partial charge < -0.3 is 16.0 Å². The molecule has 7 heteroatoms. The molecule has 4 rings (SSSR count). The summed E-state index contributed by atoms with van der Waals surface area (Å²) in [6.45, 7) is 1.53. The van der Waals surface area contributed by atoms with Crippen LogP contribution >= 0.6 is 24.8 Å². The van der Waals surface area contributed by atoms with Gasteiger partial charge in [-0.2, -0.15) is 0 Å². The number of carbonyl (C=O) groups excluding carboxylic acids is 1. The lowest BCUT2D eigenvalue weighted by molar-refractivity contribution is -0.119. The van der Waals surface area contributed by atoms with Crippen LogP contribution in [0, 0.1) is 5.92 Å². The van der Waals surface area contributed by atoms with E-state index in [1.165, 1.54) is 5.56 Å². The van der Waals surface area contributed by atoms with Gasteiger partial charge in [-0.15, -0.1) is 24.8 Å². The summed E-state index contributed by atoms with van der Waals surface area (Å²) in [4.78, 5) is 16.9. The number of rotatable bonds is 5. The Bertz CT molecular complexity index is 892. The van der Waals surface area contributed by atoms with Crippen molar-refractivity contribution < 1.29 is 4.79 Å². The van der Waals surface area contributed by atoms with E-state index in [0.717, 1.165) is 23.6 Å².